The molecule has 2 amide bonds. The highest BCUT2D eigenvalue weighted by Crippen LogP contribution is 2.21. The van der Waals surface area contributed by atoms with Gasteiger partial charge in [-0.3, -0.25) is 9.59 Å². The second-order valence-corrected chi connectivity index (χ2v) is 8.22. The standard InChI is InChI=1S/C23H29N3O2S/c1-3-15-29-24-21-10-9-20(16-18(21)2)23(28)26-13-11-25(12-14-26)22(27)17-19-7-5-4-6-8-19/h4-10,16,24H,3,11-15,17H2,1-2H3. The number of aryl methyl sites for hydroxylation is 1. The Hall–Kier alpha value is -2.47. The minimum absolute atomic E-state index is 0.0380. The Morgan fingerprint density at radius 3 is 2.34 bits per heavy atom. The van der Waals surface area contributed by atoms with Gasteiger partial charge in [0.15, 0.2) is 0 Å². The molecule has 6 heteroatoms. The normalized spacial score (nSPS) is 14.0. The summed E-state index contributed by atoms with van der Waals surface area (Å²) < 4.78 is 3.35. The minimum atomic E-state index is 0.0380. The van der Waals surface area contributed by atoms with Gasteiger partial charge in [-0.05, 0) is 42.7 Å². The Balaban J connectivity index is 1.53. The van der Waals surface area contributed by atoms with Crippen LogP contribution in [0, 0.1) is 6.92 Å². The topological polar surface area (TPSA) is 52.7 Å². The number of piperazine rings is 1. The maximum atomic E-state index is 12.9. The first-order chi connectivity index (χ1) is 14.1. The zero-order valence-corrected chi connectivity index (χ0v) is 18.0. The van der Waals surface area contributed by atoms with Crippen molar-refractivity contribution in [2.24, 2.45) is 0 Å². The second-order valence-electron chi connectivity index (χ2n) is 7.32. The summed E-state index contributed by atoms with van der Waals surface area (Å²) in [5.41, 5.74) is 3.85. The summed E-state index contributed by atoms with van der Waals surface area (Å²) in [6.45, 7) is 6.49. The van der Waals surface area contributed by atoms with Crippen molar-refractivity contribution >= 4 is 29.4 Å². The van der Waals surface area contributed by atoms with Crippen molar-refractivity contribution in [3.63, 3.8) is 0 Å². The van der Waals surface area contributed by atoms with Crippen LogP contribution in [0.5, 0.6) is 0 Å². The van der Waals surface area contributed by atoms with Gasteiger partial charge >= 0.3 is 0 Å². The highest BCUT2D eigenvalue weighted by molar-refractivity contribution is 8.00. The van der Waals surface area contributed by atoms with Gasteiger partial charge in [-0.1, -0.05) is 49.2 Å². The first-order valence-corrected chi connectivity index (χ1v) is 11.2. The van der Waals surface area contributed by atoms with Crippen molar-refractivity contribution in [1.82, 2.24) is 9.80 Å². The molecule has 0 atom stereocenters. The monoisotopic (exact) mass is 411 g/mol. The van der Waals surface area contributed by atoms with E-state index < -0.39 is 0 Å². The van der Waals surface area contributed by atoms with E-state index in [4.69, 9.17) is 0 Å². The lowest BCUT2D eigenvalue weighted by molar-refractivity contribution is -0.131. The van der Waals surface area contributed by atoms with E-state index in [9.17, 15) is 9.59 Å². The summed E-state index contributed by atoms with van der Waals surface area (Å²) in [6.07, 6.45) is 1.53. The number of carbonyl (C=O) groups is 2. The van der Waals surface area contributed by atoms with Crippen LogP contribution in [-0.2, 0) is 11.2 Å². The summed E-state index contributed by atoms with van der Waals surface area (Å²) >= 11 is 1.68. The molecule has 0 spiro atoms. The van der Waals surface area contributed by atoms with Crippen LogP contribution in [0.15, 0.2) is 48.5 Å². The predicted octanol–water partition coefficient (Wildman–Crippen LogP) is 3.99. The lowest BCUT2D eigenvalue weighted by atomic mass is 10.1. The average Bonchev–Trinajstić information content (AvgIpc) is 2.75. The van der Waals surface area contributed by atoms with E-state index >= 15 is 0 Å². The van der Waals surface area contributed by atoms with E-state index in [1.807, 2.05) is 65.3 Å². The predicted molar refractivity (Wildman–Crippen MR) is 120 cm³/mol. The molecule has 0 aromatic heterocycles. The van der Waals surface area contributed by atoms with E-state index in [1.165, 1.54) is 0 Å². The third-order valence-electron chi connectivity index (χ3n) is 5.08. The van der Waals surface area contributed by atoms with Gasteiger partial charge in [-0.15, -0.1) is 0 Å². The molecular formula is C23H29N3O2S. The molecule has 2 aromatic rings. The SMILES string of the molecule is CCCSNc1ccc(C(=O)N2CCN(C(=O)Cc3ccccc3)CC2)cc1C. The van der Waals surface area contributed by atoms with Crippen LogP contribution in [0.25, 0.3) is 0 Å². The van der Waals surface area contributed by atoms with Crippen LogP contribution >= 0.6 is 11.9 Å². The van der Waals surface area contributed by atoms with Crippen molar-refractivity contribution in [1.29, 1.82) is 0 Å². The molecule has 0 bridgehead atoms. The molecule has 0 aliphatic carbocycles. The molecular weight excluding hydrogens is 382 g/mol. The molecule has 1 heterocycles. The Bertz CT molecular complexity index is 833. The zero-order valence-electron chi connectivity index (χ0n) is 17.2. The third-order valence-corrected chi connectivity index (χ3v) is 6.06. The molecule has 0 radical (unpaired) electrons. The third kappa shape index (κ3) is 5.76. The maximum absolute atomic E-state index is 12.9. The fourth-order valence-corrected chi connectivity index (χ4v) is 4.06. The van der Waals surface area contributed by atoms with E-state index in [0.29, 0.717) is 38.2 Å². The number of nitrogens with zero attached hydrogens (tertiary/aromatic N) is 2. The van der Waals surface area contributed by atoms with Gasteiger partial charge in [-0.25, -0.2) is 0 Å². The molecule has 3 rings (SSSR count). The van der Waals surface area contributed by atoms with Gasteiger partial charge in [0.1, 0.15) is 0 Å². The summed E-state index contributed by atoms with van der Waals surface area (Å²) in [6, 6.07) is 15.6. The van der Waals surface area contributed by atoms with E-state index in [1.54, 1.807) is 11.9 Å². The van der Waals surface area contributed by atoms with E-state index in [0.717, 1.165) is 29.0 Å². The first kappa shape index (κ1) is 21.2. The Kier molecular flexibility index (Phi) is 7.58. The van der Waals surface area contributed by atoms with E-state index in [-0.39, 0.29) is 11.8 Å². The van der Waals surface area contributed by atoms with Gasteiger partial charge in [0, 0.05) is 43.2 Å². The molecule has 1 aliphatic heterocycles. The lowest BCUT2D eigenvalue weighted by Crippen LogP contribution is -2.51. The van der Waals surface area contributed by atoms with Crippen molar-refractivity contribution in [2.75, 3.05) is 36.7 Å². The van der Waals surface area contributed by atoms with Crippen LogP contribution in [0.4, 0.5) is 5.69 Å². The Morgan fingerprint density at radius 1 is 1.00 bits per heavy atom. The molecule has 5 nitrogen and oxygen atoms in total. The van der Waals surface area contributed by atoms with Crippen molar-refractivity contribution in [3.8, 4) is 0 Å². The van der Waals surface area contributed by atoms with Crippen molar-refractivity contribution in [3.05, 3.63) is 65.2 Å². The minimum Gasteiger partial charge on any atom is -0.339 e. The molecule has 0 saturated carbocycles. The Morgan fingerprint density at radius 2 is 1.69 bits per heavy atom. The molecule has 29 heavy (non-hydrogen) atoms. The van der Waals surface area contributed by atoms with Crippen molar-refractivity contribution in [2.45, 2.75) is 26.7 Å². The van der Waals surface area contributed by atoms with E-state index in [2.05, 4.69) is 11.6 Å². The summed E-state index contributed by atoms with van der Waals surface area (Å²) in [4.78, 5) is 29.1. The molecule has 0 unspecified atom stereocenters. The zero-order chi connectivity index (χ0) is 20.6. The van der Waals surface area contributed by atoms with Gasteiger partial charge in [0.2, 0.25) is 5.91 Å². The number of benzene rings is 2. The van der Waals surface area contributed by atoms with Crippen LogP contribution < -0.4 is 4.72 Å². The largest absolute Gasteiger partial charge is 0.339 e. The van der Waals surface area contributed by atoms with Crippen LogP contribution in [0.3, 0.4) is 0 Å². The number of hydrogen-bond donors (Lipinski definition) is 1. The fraction of sp³-hybridized carbons (Fsp3) is 0.391. The Labute approximate surface area is 177 Å². The van der Waals surface area contributed by atoms with Gasteiger partial charge in [0.05, 0.1) is 6.42 Å². The number of carbonyl (C=O) groups excluding carboxylic acids is 2. The number of nitrogens with one attached hydrogen (secondary N) is 1. The first-order valence-electron chi connectivity index (χ1n) is 10.2. The van der Waals surface area contributed by atoms with Gasteiger partial charge in [-0.2, -0.15) is 0 Å². The van der Waals surface area contributed by atoms with Gasteiger partial charge in [0.25, 0.3) is 5.91 Å². The number of anilines is 1. The number of amides is 2. The molecule has 1 saturated heterocycles. The molecule has 1 fully saturated rings. The molecule has 154 valence electrons. The number of hydrogen-bond acceptors (Lipinski definition) is 4. The molecule has 2 aromatic carbocycles. The average molecular weight is 412 g/mol. The lowest BCUT2D eigenvalue weighted by Gasteiger charge is -2.35. The fourth-order valence-electron chi connectivity index (χ4n) is 3.37. The second kappa shape index (κ2) is 10.3. The summed E-state index contributed by atoms with van der Waals surface area (Å²) in [5.74, 6) is 1.21. The van der Waals surface area contributed by atoms with Crippen molar-refractivity contribution < 1.29 is 9.59 Å². The highest BCUT2D eigenvalue weighted by Gasteiger charge is 2.25. The van der Waals surface area contributed by atoms with Crippen LogP contribution in [-0.4, -0.2) is 53.5 Å². The summed E-state index contributed by atoms with van der Waals surface area (Å²) in [5, 5.41) is 0. The van der Waals surface area contributed by atoms with Crippen LogP contribution in [0.2, 0.25) is 0 Å². The molecule has 1 aliphatic rings. The number of rotatable bonds is 7. The highest BCUT2D eigenvalue weighted by atomic mass is 32.2. The molecule has 1 N–H and O–H groups in total. The summed E-state index contributed by atoms with van der Waals surface area (Å²) in [7, 11) is 0. The maximum Gasteiger partial charge on any atom is 0.253 e. The van der Waals surface area contributed by atoms with Gasteiger partial charge < -0.3 is 14.5 Å². The smallest absolute Gasteiger partial charge is 0.253 e. The van der Waals surface area contributed by atoms with Crippen LogP contribution in [0.1, 0.15) is 34.8 Å². The quantitative estimate of drug-likeness (QED) is 0.553.